The van der Waals surface area contributed by atoms with E-state index in [0.717, 1.165) is 18.9 Å². The minimum Gasteiger partial charge on any atom is -0.463 e. The van der Waals surface area contributed by atoms with E-state index >= 15 is 0 Å². The summed E-state index contributed by atoms with van der Waals surface area (Å²) in [7, 11) is -3.73. The Morgan fingerprint density at radius 2 is 2.04 bits per heavy atom. The van der Waals surface area contributed by atoms with Gasteiger partial charge in [-0.05, 0) is 44.0 Å². The Morgan fingerprint density at radius 1 is 1.31 bits per heavy atom. The van der Waals surface area contributed by atoms with Crippen molar-refractivity contribution >= 4 is 27.1 Å². The van der Waals surface area contributed by atoms with E-state index in [2.05, 4.69) is 10.5 Å². The molecule has 1 N–H and O–H groups in total. The summed E-state index contributed by atoms with van der Waals surface area (Å²) in [5.41, 5.74) is 2.85. The summed E-state index contributed by atoms with van der Waals surface area (Å²) in [5.74, 6) is 0.522. The molecule has 1 saturated heterocycles. The predicted octanol–water partition coefficient (Wildman–Crippen LogP) is 2.81. The molecule has 0 bridgehead atoms. The highest BCUT2D eigenvalue weighted by Gasteiger charge is 2.29. The van der Waals surface area contributed by atoms with Crippen molar-refractivity contribution < 1.29 is 17.8 Å². The number of nitrogens with one attached hydrogen (secondary N) is 1. The van der Waals surface area contributed by atoms with E-state index in [1.165, 1.54) is 22.7 Å². The first kappa shape index (κ1) is 18.1. The molecule has 10 heteroatoms. The van der Waals surface area contributed by atoms with Crippen LogP contribution in [0.15, 0.2) is 51.0 Å². The van der Waals surface area contributed by atoms with Gasteiger partial charge in [0.05, 0.1) is 16.1 Å². The quantitative estimate of drug-likeness (QED) is 0.469. The van der Waals surface area contributed by atoms with Gasteiger partial charge in [0.25, 0.3) is 5.69 Å². The van der Waals surface area contributed by atoms with Gasteiger partial charge in [-0.15, -0.1) is 0 Å². The van der Waals surface area contributed by atoms with Crippen molar-refractivity contribution in [2.45, 2.75) is 24.7 Å². The fraction of sp³-hybridized carbons (Fsp3) is 0.312. The minimum absolute atomic E-state index is 0.0941. The Morgan fingerprint density at radius 3 is 2.65 bits per heavy atom. The molecular formula is C16H18N4O5S. The van der Waals surface area contributed by atoms with Crippen LogP contribution in [0.1, 0.15) is 25.5 Å². The first-order valence-electron chi connectivity index (χ1n) is 8.02. The zero-order valence-corrected chi connectivity index (χ0v) is 14.9. The van der Waals surface area contributed by atoms with E-state index < -0.39 is 14.9 Å². The summed E-state index contributed by atoms with van der Waals surface area (Å²) in [4.78, 5) is 10.7. The van der Waals surface area contributed by atoms with Crippen LogP contribution in [-0.2, 0) is 10.0 Å². The molecule has 2 heterocycles. The van der Waals surface area contributed by atoms with Crippen molar-refractivity contribution in [2.75, 3.05) is 18.5 Å². The number of sulfonamides is 1. The highest BCUT2D eigenvalue weighted by Crippen LogP contribution is 2.30. The van der Waals surface area contributed by atoms with Gasteiger partial charge in [0, 0.05) is 19.2 Å². The Labute approximate surface area is 150 Å². The van der Waals surface area contributed by atoms with Crippen molar-refractivity contribution in [3.63, 3.8) is 0 Å². The summed E-state index contributed by atoms with van der Waals surface area (Å²) < 4.78 is 31.7. The average molecular weight is 378 g/mol. The van der Waals surface area contributed by atoms with Crippen LogP contribution in [0, 0.1) is 10.1 Å². The third kappa shape index (κ3) is 3.60. The lowest BCUT2D eigenvalue weighted by atomic mass is 10.3. The molecule has 1 aliphatic heterocycles. The number of nitro groups is 1. The summed E-state index contributed by atoms with van der Waals surface area (Å²) in [6, 6.07) is 7.17. The molecular weight excluding hydrogens is 360 g/mol. The number of hydrogen-bond acceptors (Lipinski definition) is 7. The largest absolute Gasteiger partial charge is 0.463 e. The first-order chi connectivity index (χ1) is 12.4. The van der Waals surface area contributed by atoms with Crippen LogP contribution in [0.3, 0.4) is 0 Å². The fourth-order valence-corrected chi connectivity index (χ4v) is 4.22. The lowest BCUT2D eigenvalue weighted by molar-refractivity contribution is -0.384. The van der Waals surface area contributed by atoms with Gasteiger partial charge in [-0.25, -0.2) is 8.42 Å². The fourth-order valence-electron chi connectivity index (χ4n) is 2.68. The van der Waals surface area contributed by atoms with E-state index in [4.69, 9.17) is 4.42 Å². The molecule has 1 aliphatic rings. The third-order valence-electron chi connectivity index (χ3n) is 4.09. The number of anilines is 1. The zero-order valence-electron chi connectivity index (χ0n) is 14.1. The van der Waals surface area contributed by atoms with Crippen LogP contribution in [0.4, 0.5) is 11.4 Å². The first-order valence-corrected chi connectivity index (χ1v) is 9.46. The lowest BCUT2D eigenvalue weighted by Gasteiger charge is -2.15. The maximum atomic E-state index is 12.6. The molecule has 0 amide bonds. The molecule has 0 aliphatic carbocycles. The van der Waals surface area contributed by atoms with E-state index in [-0.39, 0.29) is 16.3 Å². The van der Waals surface area contributed by atoms with Crippen molar-refractivity contribution in [1.29, 1.82) is 0 Å². The normalized spacial score (nSPS) is 16.0. The van der Waals surface area contributed by atoms with Crippen LogP contribution >= 0.6 is 0 Å². The van der Waals surface area contributed by atoms with E-state index in [1.54, 1.807) is 19.1 Å². The van der Waals surface area contributed by atoms with Crippen molar-refractivity contribution in [1.82, 2.24) is 4.31 Å². The summed E-state index contributed by atoms with van der Waals surface area (Å²) >= 11 is 0. The lowest BCUT2D eigenvalue weighted by Crippen LogP contribution is -2.27. The van der Waals surface area contributed by atoms with Gasteiger partial charge in [0.1, 0.15) is 17.2 Å². The molecule has 3 rings (SSSR count). The van der Waals surface area contributed by atoms with Crippen LogP contribution in [0.25, 0.3) is 0 Å². The number of nitrogens with zero attached hydrogens (tertiary/aromatic N) is 3. The molecule has 0 unspecified atom stereocenters. The zero-order chi connectivity index (χ0) is 18.7. The Hall–Kier alpha value is -2.72. The van der Waals surface area contributed by atoms with Gasteiger partial charge in [0.15, 0.2) is 0 Å². The number of furan rings is 1. The molecule has 2 aromatic rings. The summed E-state index contributed by atoms with van der Waals surface area (Å²) in [6.45, 7) is 2.55. The van der Waals surface area contributed by atoms with Crippen molar-refractivity contribution in [3.8, 4) is 0 Å². The molecule has 1 aromatic carbocycles. The standard InChI is InChI=1S/C16H18N4O5S/c1-12(16-5-4-10-25-16)17-18-14-7-6-13(11-15(14)20(21)22)26(23,24)19-8-2-3-9-19/h4-7,10-11,18H,2-3,8-9H2,1H3/b17-12+. The van der Waals surface area contributed by atoms with Gasteiger partial charge in [-0.2, -0.15) is 9.41 Å². The van der Waals surface area contributed by atoms with Crippen LogP contribution in [-0.4, -0.2) is 36.4 Å². The number of nitro benzene ring substituents is 1. The Kier molecular flexibility index (Phi) is 5.05. The molecule has 9 nitrogen and oxygen atoms in total. The van der Waals surface area contributed by atoms with E-state index in [0.29, 0.717) is 24.6 Å². The van der Waals surface area contributed by atoms with Gasteiger partial charge in [-0.3, -0.25) is 15.5 Å². The van der Waals surface area contributed by atoms with E-state index in [1.807, 2.05) is 0 Å². The van der Waals surface area contributed by atoms with Gasteiger partial charge < -0.3 is 4.42 Å². The predicted molar refractivity (Wildman–Crippen MR) is 95.6 cm³/mol. The molecule has 0 atom stereocenters. The molecule has 1 fully saturated rings. The smallest absolute Gasteiger partial charge is 0.295 e. The second-order valence-electron chi connectivity index (χ2n) is 5.83. The number of hydrazone groups is 1. The number of hydrogen-bond donors (Lipinski definition) is 1. The van der Waals surface area contributed by atoms with Gasteiger partial charge in [0.2, 0.25) is 10.0 Å². The van der Waals surface area contributed by atoms with E-state index in [9.17, 15) is 18.5 Å². The van der Waals surface area contributed by atoms with Crippen molar-refractivity contribution in [3.05, 3.63) is 52.5 Å². The Balaban J connectivity index is 1.90. The summed E-state index contributed by atoms with van der Waals surface area (Å²) in [5, 5.41) is 15.4. The molecule has 138 valence electrons. The SMILES string of the molecule is C/C(=N\Nc1ccc(S(=O)(=O)N2CCCC2)cc1[N+](=O)[O-])c1ccco1. The minimum atomic E-state index is -3.73. The summed E-state index contributed by atoms with van der Waals surface area (Å²) in [6.07, 6.45) is 3.08. The highest BCUT2D eigenvalue weighted by molar-refractivity contribution is 7.89. The van der Waals surface area contributed by atoms with Crippen LogP contribution in [0.2, 0.25) is 0 Å². The average Bonchev–Trinajstić information content (AvgIpc) is 3.32. The topological polar surface area (TPSA) is 118 Å². The molecule has 1 aromatic heterocycles. The Bertz CT molecular complexity index is 932. The molecule has 0 spiro atoms. The number of benzene rings is 1. The van der Waals surface area contributed by atoms with Crippen molar-refractivity contribution in [2.24, 2.45) is 5.10 Å². The molecule has 0 saturated carbocycles. The molecule has 26 heavy (non-hydrogen) atoms. The second kappa shape index (κ2) is 7.26. The van der Waals surface area contributed by atoms with Crippen LogP contribution < -0.4 is 5.43 Å². The second-order valence-corrected chi connectivity index (χ2v) is 7.77. The number of rotatable bonds is 6. The van der Waals surface area contributed by atoms with Gasteiger partial charge >= 0.3 is 0 Å². The van der Waals surface area contributed by atoms with Crippen LogP contribution in [0.5, 0.6) is 0 Å². The molecule has 0 radical (unpaired) electrons. The highest BCUT2D eigenvalue weighted by atomic mass is 32.2. The monoisotopic (exact) mass is 378 g/mol. The third-order valence-corrected chi connectivity index (χ3v) is 5.99. The van der Waals surface area contributed by atoms with Gasteiger partial charge in [-0.1, -0.05) is 0 Å². The maximum absolute atomic E-state index is 12.6. The maximum Gasteiger partial charge on any atom is 0.295 e.